The minimum atomic E-state index is -0.0242. The highest BCUT2D eigenvalue weighted by Gasteiger charge is 2.16. The van der Waals surface area contributed by atoms with Crippen molar-refractivity contribution < 1.29 is 0 Å². The Labute approximate surface area is 129 Å². The maximum absolute atomic E-state index is 6.24. The van der Waals surface area contributed by atoms with E-state index >= 15 is 0 Å². The molecule has 0 radical (unpaired) electrons. The number of nitrogens with two attached hydrogens (primary N) is 1. The van der Waals surface area contributed by atoms with E-state index < -0.39 is 0 Å². The van der Waals surface area contributed by atoms with Crippen LogP contribution in [0.4, 0.5) is 0 Å². The van der Waals surface area contributed by atoms with E-state index in [4.69, 9.17) is 29.0 Å². The summed E-state index contributed by atoms with van der Waals surface area (Å²) in [6, 6.07) is 7.60. The van der Waals surface area contributed by atoms with Gasteiger partial charge in [-0.1, -0.05) is 42.3 Å². The lowest BCUT2D eigenvalue weighted by Gasteiger charge is -2.20. The lowest BCUT2D eigenvalue weighted by molar-refractivity contribution is 0.547. The molecule has 0 fully saturated rings. The number of nitrogens with zero attached hydrogens (tertiary/aromatic N) is 1. The second-order valence-electron chi connectivity index (χ2n) is 4.56. The maximum Gasteiger partial charge on any atom is 0.0624 e. The normalized spacial score (nSPS) is 12.4. The molecule has 0 aliphatic carbocycles. The minimum absolute atomic E-state index is 0.0242. The van der Waals surface area contributed by atoms with Crippen molar-refractivity contribution in [2.24, 2.45) is 5.84 Å². The van der Waals surface area contributed by atoms with E-state index in [0.717, 1.165) is 17.5 Å². The molecular formula is C15H17Cl2N3. The molecule has 0 aliphatic heterocycles. The molecule has 1 heterocycles. The van der Waals surface area contributed by atoms with Gasteiger partial charge in [-0.25, -0.2) is 0 Å². The zero-order chi connectivity index (χ0) is 14.5. The van der Waals surface area contributed by atoms with E-state index in [2.05, 4.69) is 17.3 Å². The molecule has 1 aromatic carbocycles. The predicted molar refractivity (Wildman–Crippen MR) is 83.8 cm³/mol. The van der Waals surface area contributed by atoms with Crippen LogP contribution in [0.5, 0.6) is 0 Å². The van der Waals surface area contributed by atoms with Crippen LogP contribution in [0.3, 0.4) is 0 Å². The lowest BCUT2D eigenvalue weighted by Crippen LogP contribution is -2.30. The molecule has 0 saturated heterocycles. The summed E-state index contributed by atoms with van der Waals surface area (Å²) in [4.78, 5) is 4.16. The van der Waals surface area contributed by atoms with Gasteiger partial charge >= 0.3 is 0 Å². The molecule has 5 heteroatoms. The van der Waals surface area contributed by atoms with E-state index in [1.54, 1.807) is 12.3 Å². The third kappa shape index (κ3) is 3.30. The van der Waals surface area contributed by atoms with E-state index in [-0.39, 0.29) is 6.04 Å². The molecule has 0 bridgehead atoms. The molecule has 20 heavy (non-hydrogen) atoms. The fraction of sp³-hybridized carbons (Fsp3) is 0.267. The molecule has 2 aromatic rings. The molecule has 0 spiro atoms. The van der Waals surface area contributed by atoms with Gasteiger partial charge in [0.05, 0.1) is 16.1 Å². The van der Waals surface area contributed by atoms with Gasteiger partial charge in [-0.3, -0.25) is 16.3 Å². The van der Waals surface area contributed by atoms with E-state index in [0.29, 0.717) is 16.5 Å². The molecule has 0 amide bonds. The van der Waals surface area contributed by atoms with E-state index in [1.807, 2.05) is 24.4 Å². The van der Waals surface area contributed by atoms with Crippen molar-refractivity contribution in [3.05, 3.63) is 63.4 Å². The largest absolute Gasteiger partial charge is 0.271 e. The zero-order valence-electron chi connectivity index (χ0n) is 11.2. The summed E-state index contributed by atoms with van der Waals surface area (Å²) >= 11 is 12.3. The van der Waals surface area contributed by atoms with E-state index in [9.17, 15) is 0 Å². The van der Waals surface area contributed by atoms with Crippen LogP contribution < -0.4 is 11.3 Å². The Bertz CT molecular complexity index is 587. The molecule has 106 valence electrons. The van der Waals surface area contributed by atoms with Crippen LogP contribution in [0, 0.1) is 0 Å². The van der Waals surface area contributed by atoms with Gasteiger partial charge in [0.15, 0.2) is 0 Å². The minimum Gasteiger partial charge on any atom is -0.271 e. The number of halogens is 2. The Morgan fingerprint density at radius 3 is 2.75 bits per heavy atom. The van der Waals surface area contributed by atoms with Crippen molar-refractivity contribution in [2.45, 2.75) is 25.8 Å². The Balaban J connectivity index is 2.31. The second kappa shape index (κ2) is 7.04. The standard InChI is InChI=1S/C15H17Cl2N3/c1-2-10-9-19-7-6-12(10)14(20-18)8-11-4-3-5-13(16)15(11)17/h3-7,9,14,20H,2,8,18H2,1H3. The van der Waals surface area contributed by atoms with Gasteiger partial charge in [0.25, 0.3) is 0 Å². The summed E-state index contributed by atoms with van der Waals surface area (Å²) in [5.41, 5.74) is 6.15. The molecule has 2 rings (SSSR count). The molecule has 3 N–H and O–H groups in total. The summed E-state index contributed by atoms with van der Waals surface area (Å²) in [6.07, 6.45) is 5.23. The molecule has 1 aromatic heterocycles. The maximum atomic E-state index is 6.24. The number of pyridine rings is 1. The number of aromatic nitrogens is 1. The first-order valence-electron chi connectivity index (χ1n) is 6.49. The summed E-state index contributed by atoms with van der Waals surface area (Å²) in [5, 5.41) is 1.15. The number of hydrogen-bond donors (Lipinski definition) is 2. The number of rotatable bonds is 5. The number of benzene rings is 1. The molecule has 3 nitrogen and oxygen atoms in total. The quantitative estimate of drug-likeness (QED) is 0.654. The Morgan fingerprint density at radius 1 is 1.25 bits per heavy atom. The van der Waals surface area contributed by atoms with Gasteiger partial charge in [0.1, 0.15) is 0 Å². The highest BCUT2D eigenvalue weighted by atomic mass is 35.5. The van der Waals surface area contributed by atoms with Crippen molar-refractivity contribution >= 4 is 23.2 Å². The fourth-order valence-electron chi connectivity index (χ4n) is 2.26. The Morgan fingerprint density at radius 2 is 2.05 bits per heavy atom. The molecule has 0 aliphatic rings. The second-order valence-corrected chi connectivity index (χ2v) is 5.35. The van der Waals surface area contributed by atoms with Crippen LogP contribution in [0.15, 0.2) is 36.7 Å². The topological polar surface area (TPSA) is 50.9 Å². The van der Waals surface area contributed by atoms with Crippen molar-refractivity contribution in [3.8, 4) is 0 Å². The van der Waals surface area contributed by atoms with Gasteiger partial charge in [-0.15, -0.1) is 0 Å². The van der Waals surface area contributed by atoms with Crippen molar-refractivity contribution in [1.29, 1.82) is 0 Å². The van der Waals surface area contributed by atoms with Crippen LogP contribution in [-0.2, 0) is 12.8 Å². The van der Waals surface area contributed by atoms with Gasteiger partial charge in [0.2, 0.25) is 0 Å². The predicted octanol–water partition coefficient (Wildman–Crippen LogP) is 3.70. The van der Waals surface area contributed by atoms with Gasteiger partial charge in [-0.05, 0) is 41.7 Å². The lowest BCUT2D eigenvalue weighted by atomic mass is 9.95. The van der Waals surface area contributed by atoms with Crippen molar-refractivity contribution in [2.75, 3.05) is 0 Å². The smallest absolute Gasteiger partial charge is 0.0624 e. The SMILES string of the molecule is CCc1cnccc1C(Cc1cccc(Cl)c1Cl)NN. The number of nitrogens with one attached hydrogen (secondary N) is 1. The van der Waals surface area contributed by atoms with Crippen molar-refractivity contribution in [3.63, 3.8) is 0 Å². The summed E-state index contributed by atoms with van der Waals surface area (Å²) in [5.74, 6) is 5.72. The first kappa shape index (κ1) is 15.3. The molecule has 1 atom stereocenters. The van der Waals surface area contributed by atoms with Gasteiger partial charge in [0, 0.05) is 12.4 Å². The average Bonchev–Trinajstić information content (AvgIpc) is 2.49. The van der Waals surface area contributed by atoms with E-state index in [1.165, 1.54) is 5.56 Å². The van der Waals surface area contributed by atoms with Crippen LogP contribution in [0.2, 0.25) is 10.0 Å². The van der Waals surface area contributed by atoms with Crippen LogP contribution in [-0.4, -0.2) is 4.98 Å². The third-order valence-electron chi connectivity index (χ3n) is 3.35. The fourth-order valence-corrected chi connectivity index (χ4v) is 2.66. The first-order valence-corrected chi connectivity index (χ1v) is 7.24. The average molecular weight is 310 g/mol. The first-order chi connectivity index (χ1) is 9.67. The monoisotopic (exact) mass is 309 g/mol. The van der Waals surface area contributed by atoms with Crippen LogP contribution in [0.1, 0.15) is 29.7 Å². The Hall–Kier alpha value is -1.13. The van der Waals surface area contributed by atoms with Crippen molar-refractivity contribution in [1.82, 2.24) is 10.4 Å². The molecule has 0 saturated carbocycles. The van der Waals surface area contributed by atoms with Gasteiger partial charge in [-0.2, -0.15) is 0 Å². The van der Waals surface area contributed by atoms with Crippen LogP contribution >= 0.6 is 23.2 Å². The third-order valence-corrected chi connectivity index (χ3v) is 4.21. The highest BCUT2D eigenvalue weighted by Crippen LogP contribution is 2.29. The summed E-state index contributed by atoms with van der Waals surface area (Å²) in [7, 11) is 0. The Kier molecular flexibility index (Phi) is 5.38. The van der Waals surface area contributed by atoms with Gasteiger partial charge < -0.3 is 0 Å². The summed E-state index contributed by atoms with van der Waals surface area (Å²) < 4.78 is 0. The number of aryl methyl sites for hydroxylation is 1. The summed E-state index contributed by atoms with van der Waals surface area (Å²) in [6.45, 7) is 2.10. The highest BCUT2D eigenvalue weighted by molar-refractivity contribution is 6.42. The number of hydrogen-bond acceptors (Lipinski definition) is 3. The molecular weight excluding hydrogens is 293 g/mol. The zero-order valence-corrected chi connectivity index (χ0v) is 12.7. The number of hydrazine groups is 1. The van der Waals surface area contributed by atoms with Crippen LogP contribution in [0.25, 0.3) is 0 Å². The molecule has 1 unspecified atom stereocenters.